The highest BCUT2D eigenvalue weighted by Gasteiger charge is 1.93. The van der Waals surface area contributed by atoms with Crippen LogP contribution in [0.25, 0.3) is 0 Å². The predicted molar refractivity (Wildman–Crippen MR) is 76.7 cm³/mol. The molecule has 0 bridgehead atoms. The molecule has 0 radical (unpaired) electrons. The third-order valence-corrected chi connectivity index (χ3v) is 2.07. The zero-order chi connectivity index (χ0) is 16.1. The molecule has 0 aliphatic carbocycles. The Bertz CT molecular complexity index is 297. The van der Waals surface area contributed by atoms with Crippen LogP contribution >= 0.6 is 0 Å². The van der Waals surface area contributed by atoms with E-state index in [0.717, 1.165) is 6.26 Å². The SMILES string of the molecule is OC#COCCOCCOCCOCCOCCO/C=C/O. The van der Waals surface area contributed by atoms with Crippen LogP contribution < -0.4 is 0 Å². The highest BCUT2D eigenvalue weighted by Crippen LogP contribution is 1.84. The van der Waals surface area contributed by atoms with Gasteiger partial charge in [0.25, 0.3) is 0 Å². The molecule has 0 saturated heterocycles. The Hall–Kier alpha value is -1.66. The highest BCUT2D eigenvalue weighted by atomic mass is 16.6. The second kappa shape index (κ2) is 19.3. The summed E-state index contributed by atoms with van der Waals surface area (Å²) < 4.78 is 30.5. The number of aliphatic hydroxyl groups is 2. The molecule has 0 saturated carbocycles. The van der Waals surface area contributed by atoms with Gasteiger partial charge in [-0.05, 0) is 0 Å². The standard InChI is InChI=1S/C14H24O8/c15-1-3-17-5-7-19-9-11-21-13-14-22-12-10-20-8-6-18-4-2-16/h1,3,15-16H,5-14H2/b3-1+. The maximum absolute atomic E-state index is 8.30. The predicted octanol–water partition coefficient (Wildman–Crippen LogP) is 0.406. The van der Waals surface area contributed by atoms with Gasteiger partial charge in [0, 0.05) is 0 Å². The van der Waals surface area contributed by atoms with Crippen LogP contribution in [0.4, 0.5) is 0 Å². The molecule has 0 heterocycles. The van der Waals surface area contributed by atoms with Crippen LogP contribution in [0.15, 0.2) is 12.5 Å². The summed E-state index contributed by atoms with van der Waals surface area (Å²) in [7, 11) is 0. The Kier molecular flexibility index (Phi) is 17.9. The van der Waals surface area contributed by atoms with Crippen LogP contribution in [0.5, 0.6) is 0 Å². The molecule has 8 heteroatoms. The van der Waals surface area contributed by atoms with Gasteiger partial charge in [-0.25, -0.2) is 0 Å². The summed E-state index contributed by atoms with van der Waals surface area (Å²) >= 11 is 0. The summed E-state index contributed by atoms with van der Waals surface area (Å²) in [6.07, 6.45) is 5.70. The molecular formula is C14H24O8. The molecule has 0 aromatic carbocycles. The third-order valence-electron chi connectivity index (χ3n) is 2.07. The van der Waals surface area contributed by atoms with E-state index < -0.39 is 0 Å². The maximum Gasteiger partial charge on any atom is 0.154 e. The molecule has 22 heavy (non-hydrogen) atoms. The van der Waals surface area contributed by atoms with Gasteiger partial charge in [-0.2, -0.15) is 0 Å². The fourth-order valence-corrected chi connectivity index (χ4v) is 1.16. The van der Waals surface area contributed by atoms with E-state index in [4.69, 9.17) is 33.9 Å². The van der Waals surface area contributed by atoms with E-state index in [1.54, 1.807) is 6.11 Å². The van der Waals surface area contributed by atoms with Gasteiger partial charge in [-0.1, -0.05) is 0 Å². The second-order valence-electron chi connectivity index (χ2n) is 3.67. The summed E-state index contributed by atoms with van der Waals surface area (Å²) in [5, 5.41) is 16.4. The van der Waals surface area contributed by atoms with Gasteiger partial charge in [0.05, 0.1) is 52.9 Å². The van der Waals surface area contributed by atoms with Gasteiger partial charge in [0.15, 0.2) is 12.2 Å². The summed E-state index contributed by atoms with van der Waals surface area (Å²) in [5.41, 5.74) is 0. The van der Waals surface area contributed by atoms with E-state index in [1.807, 2.05) is 6.11 Å². The Morgan fingerprint density at radius 1 is 0.682 bits per heavy atom. The highest BCUT2D eigenvalue weighted by molar-refractivity contribution is 4.76. The van der Waals surface area contributed by atoms with Crippen LogP contribution in [0.3, 0.4) is 0 Å². The van der Waals surface area contributed by atoms with E-state index in [1.165, 1.54) is 6.26 Å². The minimum absolute atomic E-state index is 0.304. The van der Waals surface area contributed by atoms with Gasteiger partial charge in [0.1, 0.15) is 25.7 Å². The van der Waals surface area contributed by atoms with Crippen molar-refractivity contribution >= 4 is 0 Å². The number of hydrogen-bond acceptors (Lipinski definition) is 8. The lowest BCUT2D eigenvalue weighted by atomic mass is 10.7. The molecule has 0 aliphatic rings. The molecule has 0 aromatic heterocycles. The fourth-order valence-electron chi connectivity index (χ4n) is 1.16. The quantitative estimate of drug-likeness (QED) is 0.240. The van der Waals surface area contributed by atoms with Crippen LogP contribution in [0, 0.1) is 12.2 Å². The van der Waals surface area contributed by atoms with Crippen molar-refractivity contribution in [3.05, 3.63) is 12.5 Å². The summed E-state index contributed by atoms with van der Waals surface area (Å²) in [6.45, 7) is 4.39. The van der Waals surface area contributed by atoms with E-state index in [-0.39, 0.29) is 0 Å². The van der Waals surface area contributed by atoms with Crippen molar-refractivity contribution in [3.8, 4) is 12.2 Å². The van der Waals surface area contributed by atoms with Crippen molar-refractivity contribution in [2.24, 2.45) is 0 Å². The Morgan fingerprint density at radius 3 is 1.59 bits per heavy atom. The lowest BCUT2D eigenvalue weighted by molar-refractivity contribution is -0.00923. The largest absolute Gasteiger partial charge is 0.512 e. The van der Waals surface area contributed by atoms with Gasteiger partial charge in [-0.15, -0.1) is 0 Å². The maximum atomic E-state index is 8.30. The van der Waals surface area contributed by atoms with Gasteiger partial charge < -0.3 is 38.6 Å². The summed E-state index contributed by atoms with van der Waals surface area (Å²) in [6, 6.07) is 0. The Morgan fingerprint density at radius 2 is 1.14 bits per heavy atom. The number of ether oxygens (including phenoxy) is 6. The van der Waals surface area contributed by atoms with E-state index in [2.05, 4.69) is 4.74 Å². The number of rotatable bonds is 16. The second-order valence-corrected chi connectivity index (χ2v) is 3.67. The molecule has 0 fully saturated rings. The monoisotopic (exact) mass is 320 g/mol. The molecule has 0 aromatic rings. The molecule has 0 spiro atoms. The fraction of sp³-hybridized carbons (Fsp3) is 0.714. The van der Waals surface area contributed by atoms with Crippen LogP contribution in [-0.2, 0) is 28.4 Å². The molecule has 0 rings (SSSR count). The molecule has 2 N–H and O–H groups in total. The lowest BCUT2D eigenvalue weighted by Crippen LogP contribution is -2.13. The molecule has 0 atom stereocenters. The number of hydrogen-bond donors (Lipinski definition) is 2. The molecule has 0 aliphatic heterocycles. The van der Waals surface area contributed by atoms with Crippen LogP contribution in [0.2, 0.25) is 0 Å². The van der Waals surface area contributed by atoms with Gasteiger partial charge in [0.2, 0.25) is 0 Å². The van der Waals surface area contributed by atoms with Crippen molar-refractivity contribution in [3.63, 3.8) is 0 Å². The Labute approximate surface area is 130 Å². The van der Waals surface area contributed by atoms with Crippen molar-refractivity contribution < 1.29 is 38.6 Å². The average Bonchev–Trinajstić information content (AvgIpc) is 2.54. The van der Waals surface area contributed by atoms with E-state index >= 15 is 0 Å². The normalized spacial score (nSPS) is 10.4. The van der Waals surface area contributed by atoms with Crippen molar-refractivity contribution in [2.45, 2.75) is 0 Å². The van der Waals surface area contributed by atoms with Crippen molar-refractivity contribution in [2.75, 3.05) is 66.1 Å². The molecule has 8 nitrogen and oxygen atoms in total. The molecule has 128 valence electrons. The third kappa shape index (κ3) is 18.3. The van der Waals surface area contributed by atoms with Crippen LogP contribution in [0.1, 0.15) is 0 Å². The molecule has 0 amide bonds. The van der Waals surface area contributed by atoms with E-state index in [9.17, 15) is 0 Å². The number of aliphatic hydroxyl groups excluding tert-OH is 2. The lowest BCUT2D eigenvalue weighted by Gasteiger charge is -2.07. The van der Waals surface area contributed by atoms with Gasteiger partial charge in [-0.3, -0.25) is 0 Å². The first-order valence-electron chi connectivity index (χ1n) is 6.89. The summed E-state index contributed by atoms with van der Waals surface area (Å²) in [5.74, 6) is 0. The molecular weight excluding hydrogens is 296 g/mol. The average molecular weight is 320 g/mol. The van der Waals surface area contributed by atoms with Crippen molar-refractivity contribution in [1.29, 1.82) is 0 Å². The topological polar surface area (TPSA) is 95.8 Å². The zero-order valence-electron chi connectivity index (χ0n) is 12.6. The smallest absolute Gasteiger partial charge is 0.154 e. The van der Waals surface area contributed by atoms with Gasteiger partial charge >= 0.3 is 0 Å². The van der Waals surface area contributed by atoms with E-state index in [0.29, 0.717) is 66.1 Å². The van der Waals surface area contributed by atoms with Crippen LogP contribution in [-0.4, -0.2) is 76.3 Å². The first-order chi connectivity index (χ1) is 10.9. The molecule has 0 unspecified atom stereocenters. The first-order valence-corrected chi connectivity index (χ1v) is 6.89. The summed E-state index contributed by atoms with van der Waals surface area (Å²) in [4.78, 5) is 0. The Balaban J connectivity index is 2.97. The van der Waals surface area contributed by atoms with Crippen molar-refractivity contribution in [1.82, 2.24) is 0 Å². The minimum Gasteiger partial charge on any atom is -0.512 e. The minimum atomic E-state index is 0.304. The zero-order valence-corrected chi connectivity index (χ0v) is 12.6. The first kappa shape index (κ1) is 20.3.